The number of thiazole rings is 1. The number of fused-ring (bicyclic) bond motifs is 1. The van der Waals surface area contributed by atoms with Crippen molar-refractivity contribution < 1.29 is 4.92 Å². The topological polar surface area (TPSA) is 56.0 Å². The lowest BCUT2D eigenvalue weighted by molar-refractivity contribution is -0.387. The smallest absolute Gasteiger partial charge is 0.258 e. The molecule has 0 amide bonds. The lowest BCUT2D eigenvalue weighted by Crippen LogP contribution is -1.89. The molecule has 6 heteroatoms. The van der Waals surface area contributed by atoms with Crippen molar-refractivity contribution >= 4 is 39.0 Å². The summed E-state index contributed by atoms with van der Waals surface area (Å²) >= 11 is 2.88. The number of nitro groups is 1. The summed E-state index contributed by atoms with van der Waals surface area (Å²) in [6.07, 6.45) is 0. The summed E-state index contributed by atoms with van der Waals surface area (Å²) in [7, 11) is 0. The molecule has 0 atom stereocenters. The first-order valence-corrected chi connectivity index (χ1v) is 7.14. The van der Waals surface area contributed by atoms with Crippen LogP contribution in [0.5, 0.6) is 0 Å². The van der Waals surface area contributed by atoms with E-state index in [2.05, 4.69) is 4.98 Å². The molecule has 0 fully saturated rings. The molecule has 4 nitrogen and oxygen atoms in total. The molecule has 0 N–H and O–H groups in total. The molecular formula is C13H8N2O2S2. The summed E-state index contributed by atoms with van der Waals surface area (Å²) in [5, 5.41) is 11.0. The average Bonchev–Trinajstić information content (AvgIpc) is 2.81. The molecule has 0 spiro atoms. The van der Waals surface area contributed by atoms with Crippen molar-refractivity contribution in [1.29, 1.82) is 0 Å². The summed E-state index contributed by atoms with van der Waals surface area (Å²) in [5.74, 6) is 0. The fourth-order valence-corrected chi connectivity index (χ4v) is 3.81. The maximum Gasteiger partial charge on any atom is 0.283 e. The van der Waals surface area contributed by atoms with E-state index in [1.54, 1.807) is 29.5 Å². The lowest BCUT2D eigenvalue weighted by atomic mass is 10.3. The number of benzene rings is 2. The summed E-state index contributed by atoms with van der Waals surface area (Å²) in [4.78, 5) is 15.7. The standard InChI is InChI=1S/C13H8N2O2S2/c16-15(17)10-6-2-4-8-12(10)19-13-14-9-5-1-3-7-11(9)18-13/h1-8H. The van der Waals surface area contributed by atoms with Gasteiger partial charge in [0.15, 0.2) is 4.34 Å². The van der Waals surface area contributed by atoms with E-state index >= 15 is 0 Å². The van der Waals surface area contributed by atoms with Crippen LogP contribution in [0.1, 0.15) is 0 Å². The SMILES string of the molecule is O=[N+]([O-])c1ccccc1Sc1nc2ccccc2s1. The minimum atomic E-state index is -0.365. The Labute approximate surface area is 117 Å². The van der Waals surface area contributed by atoms with Gasteiger partial charge in [-0.1, -0.05) is 36.0 Å². The number of para-hydroxylation sites is 2. The second-order valence-corrected chi connectivity index (χ2v) is 6.09. The van der Waals surface area contributed by atoms with Crippen LogP contribution in [0.2, 0.25) is 0 Å². The van der Waals surface area contributed by atoms with E-state index in [1.807, 2.05) is 24.3 Å². The van der Waals surface area contributed by atoms with Crippen molar-refractivity contribution in [1.82, 2.24) is 4.98 Å². The molecular weight excluding hydrogens is 280 g/mol. The number of hydrogen-bond acceptors (Lipinski definition) is 5. The van der Waals surface area contributed by atoms with E-state index in [1.165, 1.54) is 17.8 Å². The van der Waals surface area contributed by atoms with Crippen LogP contribution in [-0.4, -0.2) is 9.91 Å². The van der Waals surface area contributed by atoms with Gasteiger partial charge in [-0.05, 0) is 18.2 Å². The van der Waals surface area contributed by atoms with Crippen LogP contribution in [0.4, 0.5) is 5.69 Å². The van der Waals surface area contributed by atoms with Gasteiger partial charge in [-0.2, -0.15) is 0 Å². The van der Waals surface area contributed by atoms with Crippen LogP contribution in [0, 0.1) is 10.1 Å². The van der Waals surface area contributed by atoms with Crippen molar-refractivity contribution in [3.63, 3.8) is 0 Å². The highest BCUT2D eigenvalue weighted by molar-refractivity contribution is 8.01. The van der Waals surface area contributed by atoms with Crippen LogP contribution in [-0.2, 0) is 0 Å². The van der Waals surface area contributed by atoms with Gasteiger partial charge in [0, 0.05) is 6.07 Å². The van der Waals surface area contributed by atoms with E-state index in [9.17, 15) is 10.1 Å². The van der Waals surface area contributed by atoms with Crippen molar-refractivity contribution in [3.05, 3.63) is 58.6 Å². The van der Waals surface area contributed by atoms with Gasteiger partial charge in [-0.25, -0.2) is 4.98 Å². The highest BCUT2D eigenvalue weighted by Crippen LogP contribution is 2.38. The number of aromatic nitrogens is 1. The zero-order valence-electron chi connectivity index (χ0n) is 9.65. The van der Waals surface area contributed by atoms with E-state index in [4.69, 9.17) is 0 Å². The Morgan fingerprint density at radius 1 is 1.11 bits per heavy atom. The van der Waals surface area contributed by atoms with Crippen LogP contribution in [0.15, 0.2) is 57.8 Å². The molecule has 0 unspecified atom stereocenters. The van der Waals surface area contributed by atoms with Gasteiger partial charge in [0.1, 0.15) is 0 Å². The quantitative estimate of drug-likeness (QED) is 0.531. The summed E-state index contributed by atoms with van der Waals surface area (Å²) < 4.78 is 1.90. The fourth-order valence-electron chi connectivity index (χ4n) is 1.68. The molecule has 3 aromatic rings. The molecule has 0 aliphatic rings. The van der Waals surface area contributed by atoms with Gasteiger partial charge in [0.05, 0.1) is 20.0 Å². The zero-order valence-corrected chi connectivity index (χ0v) is 11.3. The Kier molecular flexibility index (Phi) is 3.18. The predicted molar refractivity (Wildman–Crippen MR) is 76.8 cm³/mol. The van der Waals surface area contributed by atoms with E-state index in [0.29, 0.717) is 4.90 Å². The third-order valence-electron chi connectivity index (χ3n) is 2.53. The Hall–Kier alpha value is -1.92. The monoisotopic (exact) mass is 288 g/mol. The number of nitro benzene ring substituents is 1. The predicted octanol–water partition coefficient (Wildman–Crippen LogP) is 4.36. The minimum absolute atomic E-state index is 0.117. The maximum atomic E-state index is 11.0. The Bertz CT molecular complexity index is 722. The Morgan fingerprint density at radius 2 is 1.84 bits per heavy atom. The lowest BCUT2D eigenvalue weighted by Gasteiger charge is -1.98. The van der Waals surface area contributed by atoms with Crippen LogP contribution < -0.4 is 0 Å². The molecule has 1 aromatic heterocycles. The molecule has 19 heavy (non-hydrogen) atoms. The molecule has 0 bridgehead atoms. The van der Waals surface area contributed by atoms with Gasteiger partial charge in [-0.3, -0.25) is 10.1 Å². The molecule has 0 saturated carbocycles. The summed E-state index contributed by atoms with van der Waals surface area (Å²) in [5.41, 5.74) is 1.04. The molecule has 3 rings (SSSR count). The number of rotatable bonds is 3. The fraction of sp³-hybridized carbons (Fsp3) is 0. The maximum absolute atomic E-state index is 11.0. The van der Waals surface area contributed by atoms with Crippen molar-refractivity contribution in [3.8, 4) is 0 Å². The van der Waals surface area contributed by atoms with Crippen molar-refractivity contribution in [2.75, 3.05) is 0 Å². The highest BCUT2D eigenvalue weighted by atomic mass is 32.2. The van der Waals surface area contributed by atoms with Gasteiger partial charge in [-0.15, -0.1) is 11.3 Å². The van der Waals surface area contributed by atoms with Crippen LogP contribution in [0.25, 0.3) is 10.2 Å². The Morgan fingerprint density at radius 3 is 2.63 bits per heavy atom. The molecule has 0 aliphatic heterocycles. The van der Waals surface area contributed by atoms with E-state index in [0.717, 1.165) is 14.6 Å². The molecule has 0 saturated heterocycles. The second-order valence-electron chi connectivity index (χ2n) is 3.77. The first-order valence-electron chi connectivity index (χ1n) is 5.51. The number of hydrogen-bond donors (Lipinski definition) is 0. The van der Waals surface area contributed by atoms with Crippen molar-refractivity contribution in [2.24, 2.45) is 0 Å². The second kappa shape index (κ2) is 4.99. The van der Waals surface area contributed by atoms with Crippen molar-refractivity contribution in [2.45, 2.75) is 9.24 Å². The first-order chi connectivity index (χ1) is 9.24. The molecule has 0 radical (unpaired) electrons. The summed E-state index contributed by atoms with van der Waals surface area (Å²) in [6.45, 7) is 0. The molecule has 94 valence electrons. The van der Waals surface area contributed by atoms with Gasteiger partial charge in [0.2, 0.25) is 0 Å². The van der Waals surface area contributed by atoms with Crippen LogP contribution in [0.3, 0.4) is 0 Å². The molecule has 0 aliphatic carbocycles. The third kappa shape index (κ3) is 2.45. The van der Waals surface area contributed by atoms with Gasteiger partial charge >= 0.3 is 0 Å². The summed E-state index contributed by atoms with van der Waals surface area (Å²) in [6, 6.07) is 14.5. The number of nitrogens with zero attached hydrogens (tertiary/aromatic N) is 2. The van der Waals surface area contributed by atoms with Crippen LogP contribution >= 0.6 is 23.1 Å². The van der Waals surface area contributed by atoms with Gasteiger partial charge in [0.25, 0.3) is 5.69 Å². The largest absolute Gasteiger partial charge is 0.283 e. The molecule has 1 heterocycles. The first kappa shape index (κ1) is 12.1. The zero-order chi connectivity index (χ0) is 13.2. The van der Waals surface area contributed by atoms with E-state index < -0.39 is 0 Å². The highest BCUT2D eigenvalue weighted by Gasteiger charge is 2.15. The third-order valence-corrected chi connectivity index (χ3v) is 4.70. The van der Waals surface area contributed by atoms with Gasteiger partial charge < -0.3 is 0 Å². The average molecular weight is 288 g/mol. The molecule has 2 aromatic carbocycles. The van der Waals surface area contributed by atoms with E-state index in [-0.39, 0.29) is 10.6 Å². The minimum Gasteiger partial charge on any atom is -0.258 e. The normalized spacial score (nSPS) is 10.7. The Balaban J connectivity index is 1.99.